The number of ether oxygens (including phenoxy) is 1. The molecule has 2 heterocycles. The molecule has 3 aromatic rings. The molecule has 0 aliphatic rings. The zero-order chi connectivity index (χ0) is 18.4. The molecule has 0 aliphatic heterocycles. The Kier molecular flexibility index (Phi) is 5.78. The Morgan fingerprint density at radius 2 is 1.85 bits per heavy atom. The SMILES string of the molecule is O=c1ccn(CCO)c(C(O)c2ccccn2)c1OCc1ccccc1. The molecule has 0 saturated heterocycles. The normalized spacial score (nSPS) is 11.9. The van der Waals surface area contributed by atoms with E-state index < -0.39 is 6.10 Å². The summed E-state index contributed by atoms with van der Waals surface area (Å²) in [7, 11) is 0. The summed E-state index contributed by atoms with van der Waals surface area (Å²) < 4.78 is 7.39. The maximum atomic E-state index is 12.4. The van der Waals surface area contributed by atoms with Gasteiger partial charge in [-0.25, -0.2) is 0 Å². The van der Waals surface area contributed by atoms with Gasteiger partial charge in [0.15, 0.2) is 5.75 Å². The Hall–Kier alpha value is -2.96. The monoisotopic (exact) mass is 352 g/mol. The Labute approximate surface area is 151 Å². The van der Waals surface area contributed by atoms with Crippen molar-refractivity contribution in [3.63, 3.8) is 0 Å². The van der Waals surface area contributed by atoms with Crippen molar-refractivity contribution in [3.8, 4) is 5.75 Å². The van der Waals surface area contributed by atoms with Crippen molar-refractivity contribution < 1.29 is 14.9 Å². The fourth-order valence-corrected chi connectivity index (χ4v) is 2.71. The van der Waals surface area contributed by atoms with E-state index in [9.17, 15) is 15.0 Å². The van der Waals surface area contributed by atoms with Crippen LogP contribution in [-0.2, 0) is 13.2 Å². The van der Waals surface area contributed by atoms with Gasteiger partial charge in [0.05, 0.1) is 18.0 Å². The molecule has 6 nitrogen and oxygen atoms in total. The molecular weight excluding hydrogens is 332 g/mol. The van der Waals surface area contributed by atoms with E-state index in [-0.39, 0.29) is 36.6 Å². The first kappa shape index (κ1) is 17.8. The first-order chi connectivity index (χ1) is 12.7. The summed E-state index contributed by atoms with van der Waals surface area (Å²) in [5.41, 5.74) is 1.25. The second-order valence-electron chi connectivity index (χ2n) is 5.74. The number of aromatic nitrogens is 2. The van der Waals surface area contributed by atoms with Gasteiger partial charge >= 0.3 is 0 Å². The second-order valence-corrected chi connectivity index (χ2v) is 5.74. The molecule has 0 amide bonds. The third-order valence-electron chi connectivity index (χ3n) is 3.97. The maximum absolute atomic E-state index is 12.4. The van der Waals surface area contributed by atoms with Crippen molar-refractivity contribution in [1.82, 2.24) is 9.55 Å². The predicted molar refractivity (Wildman–Crippen MR) is 96.9 cm³/mol. The quantitative estimate of drug-likeness (QED) is 0.678. The predicted octanol–water partition coefficient (Wildman–Crippen LogP) is 1.90. The molecule has 1 unspecified atom stereocenters. The highest BCUT2D eigenvalue weighted by atomic mass is 16.5. The largest absolute Gasteiger partial charge is 0.483 e. The molecule has 3 rings (SSSR count). The van der Waals surface area contributed by atoms with Crippen LogP contribution in [0.25, 0.3) is 0 Å². The number of nitrogens with zero attached hydrogens (tertiary/aromatic N) is 2. The van der Waals surface area contributed by atoms with Gasteiger partial charge < -0.3 is 19.5 Å². The molecule has 134 valence electrons. The van der Waals surface area contributed by atoms with E-state index in [1.807, 2.05) is 30.3 Å². The molecular formula is C20H20N2O4. The van der Waals surface area contributed by atoms with Crippen LogP contribution < -0.4 is 10.2 Å². The van der Waals surface area contributed by atoms with Crippen LogP contribution in [0.15, 0.2) is 71.8 Å². The summed E-state index contributed by atoms with van der Waals surface area (Å²) in [6.07, 6.45) is 1.96. The standard InChI is InChI=1S/C20H20N2O4/c23-13-12-22-11-9-17(24)20(26-14-15-6-2-1-3-7-15)18(22)19(25)16-8-4-5-10-21-16/h1-11,19,23,25H,12-14H2. The molecule has 6 heteroatoms. The number of aliphatic hydroxyl groups excluding tert-OH is 2. The lowest BCUT2D eigenvalue weighted by Gasteiger charge is -2.21. The molecule has 0 fully saturated rings. The van der Waals surface area contributed by atoms with Gasteiger partial charge in [-0.2, -0.15) is 0 Å². The Morgan fingerprint density at radius 1 is 1.08 bits per heavy atom. The molecule has 2 aromatic heterocycles. The van der Waals surface area contributed by atoms with E-state index in [4.69, 9.17) is 4.74 Å². The lowest BCUT2D eigenvalue weighted by Crippen LogP contribution is -2.21. The van der Waals surface area contributed by atoms with Crippen molar-refractivity contribution >= 4 is 0 Å². The van der Waals surface area contributed by atoms with E-state index in [2.05, 4.69) is 4.98 Å². The van der Waals surface area contributed by atoms with Gasteiger partial charge in [-0.1, -0.05) is 36.4 Å². The zero-order valence-corrected chi connectivity index (χ0v) is 14.2. The summed E-state index contributed by atoms with van der Waals surface area (Å²) in [5, 5.41) is 20.1. The van der Waals surface area contributed by atoms with Gasteiger partial charge in [0.25, 0.3) is 0 Å². The minimum absolute atomic E-state index is 0.0583. The fourth-order valence-electron chi connectivity index (χ4n) is 2.71. The van der Waals surface area contributed by atoms with Crippen LogP contribution in [0, 0.1) is 0 Å². The fraction of sp³-hybridized carbons (Fsp3) is 0.200. The molecule has 2 N–H and O–H groups in total. The number of hydrogen-bond acceptors (Lipinski definition) is 5. The van der Waals surface area contributed by atoms with E-state index in [0.717, 1.165) is 5.56 Å². The van der Waals surface area contributed by atoms with Crippen LogP contribution >= 0.6 is 0 Å². The van der Waals surface area contributed by atoms with Crippen molar-refractivity contribution in [1.29, 1.82) is 0 Å². The van der Waals surface area contributed by atoms with E-state index >= 15 is 0 Å². The Bertz CT molecular complexity index is 895. The number of benzene rings is 1. The van der Waals surface area contributed by atoms with Gasteiger partial charge in [-0.15, -0.1) is 0 Å². The molecule has 0 saturated carbocycles. The first-order valence-corrected chi connectivity index (χ1v) is 8.30. The van der Waals surface area contributed by atoms with Crippen LogP contribution in [0.1, 0.15) is 23.1 Å². The summed E-state index contributed by atoms with van der Waals surface area (Å²) in [5.74, 6) is 0.0583. The summed E-state index contributed by atoms with van der Waals surface area (Å²) in [4.78, 5) is 16.6. The van der Waals surface area contributed by atoms with Crippen LogP contribution in [-0.4, -0.2) is 26.4 Å². The van der Waals surface area contributed by atoms with Gasteiger partial charge in [0.2, 0.25) is 5.43 Å². The third kappa shape index (κ3) is 3.99. The lowest BCUT2D eigenvalue weighted by molar-refractivity contribution is 0.186. The molecule has 0 bridgehead atoms. The Balaban J connectivity index is 2.01. The van der Waals surface area contributed by atoms with Gasteiger partial charge in [-0.05, 0) is 17.7 Å². The summed E-state index contributed by atoms with van der Waals surface area (Å²) in [6, 6.07) is 16.0. The van der Waals surface area contributed by atoms with E-state index in [1.54, 1.807) is 29.0 Å². The van der Waals surface area contributed by atoms with Crippen molar-refractivity contribution in [2.75, 3.05) is 6.61 Å². The van der Waals surface area contributed by atoms with E-state index in [0.29, 0.717) is 5.69 Å². The first-order valence-electron chi connectivity index (χ1n) is 8.30. The number of hydrogen-bond donors (Lipinski definition) is 2. The number of pyridine rings is 2. The topological polar surface area (TPSA) is 84.6 Å². The lowest BCUT2D eigenvalue weighted by atomic mass is 10.1. The van der Waals surface area contributed by atoms with Crippen LogP contribution in [0.3, 0.4) is 0 Å². The number of aliphatic hydroxyl groups is 2. The van der Waals surface area contributed by atoms with Crippen LogP contribution in [0.2, 0.25) is 0 Å². The Morgan fingerprint density at radius 3 is 2.54 bits per heavy atom. The van der Waals surface area contributed by atoms with Crippen molar-refractivity contribution in [3.05, 3.63) is 94.2 Å². The highest BCUT2D eigenvalue weighted by molar-refractivity contribution is 5.35. The molecule has 1 atom stereocenters. The van der Waals surface area contributed by atoms with Gasteiger partial charge in [0.1, 0.15) is 12.7 Å². The second kappa shape index (κ2) is 8.42. The van der Waals surface area contributed by atoms with Crippen molar-refractivity contribution in [2.24, 2.45) is 0 Å². The molecule has 0 aliphatic carbocycles. The molecule has 1 aromatic carbocycles. The number of rotatable bonds is 7. The molecule has 0 spiro atoms. The summed E-state index contributed by atoms with van der Waals surface area (Å²) >= 11 is 0. The average molecular weight is 352 g/mol. The average Bonchev–Trinajstić information content (AvgIpc) is 2.69. The third-order valence-corrected chi connectivity index (χ3v) is 3.97. The zero-order valence-electron chi connectivity index (χ0n) is 14.2. The molecule has 26 heavy (non-hydrogen) atoms. The van der Waals surface area contributed by atoms with Gasteiger partial charge in [-0.3, -0.25) is 9.78 Å². The maximum Gasteiger partial charge on any atom is 0.223 e. The van der Waals surface area contributed by atoms with Crippen LogP contribution in [0.5, 0.6) is 5.75 Å². The summed E-state index contributed by atoms with van der Waals surface area (Å²) in [6.45, 7) is 0.283. The minimum Gasteiger partial charge on any atom is -0.483 e. The van der Waals surface area contributed by atoms with Gasteiger partial charge in [0, 0.05) is 25.0 Å². The highest BCUT2D eigenvalue weighted by Crippen LogP contribution is 2.27. The molecule has 0 radical (unpaired) electrons. The minimum atomic E-state index is -1.15. The van der Waals surface area contributed by atoms with Crippen molar-refractivity contribution in [2.45, 2.75) is 19.3 Å². The smallest absolute Gasteiger partial charge is 0.223 e. The highest BCUT2D eigenvalue weighted by Gasteiger charge is 2.23. The van der Waals surface area contributed by atoms with Crippen LogP contribution in [0.4, 0.5) is 0 Å². The van der Waals surface area contributed by atoms with E-state index in [1.165, 1.54) is 12.3 Å².